The minimum atomic E-state index is -0.685. The second kappa shape index (κ2) is 4.52. The van der Waals surface area contributed by atoms with Crippen molar-refractivity contribution < 1.29 is 19.0 Å². The van der Waals surface area contributed by atoms with E-state index in [-0.39, 0.29) is 6.61 Å². The van der Waals surface area contributed by atoms with Gasteiger partial charge in [0.05, 0.1) is 6.61 Å². The van der Waals surface area contributed by atoms with Gasteiger partial charge in [0.1, 0.15) is 0 Å². The number of esters is 1. The Kier molecular flexibility index (Phi) is 4.16. The number of ether oxygens (including phenoxy) is 1. The molecule has 0 aliphatic rings. The van der Waals surface area contributed by atoms with Crippen LogP contribution in [-0.2, 0) is 14.5 Å². The molecule has 0 saturated carbocycles. The first-order chi connectivity index (χ1) is 3.81. The van der Waals surface area contributed by atoms with E-state index in [1.807, 2.05) is 0 Å². The number of hydrogen-bond acceptors (Lipinski definition) is 3. The van der Waals surface area contributed by atoms with Gasteiger partial charge in [-0.3, -0.25) is 0 Å². The highest BCUT2D eigenvalue weighted by Crippen LogP contribution is 1.79. The van der Waals surface area contributed by atoms with Gasteiger partial charge in [-0.1, -0.05) is 0 Å². The normalized spacial score (nSPS) is 8.75. The van der Waals surface area contributed by atoms with Crippen LogP contribution in [0.5, 0.6) is 0 Å². The van der Waals surface area contributed by atoms with E-state index < -0.39 is 12.6 Å². The van der Waals surface area contributed by atoms with E-state index in [9.17, 15) is 9.32 Å². The zero-order chi connectivity index (χ0) is 6.41. The molecule has 0 atom stereocenters. The molecule has 0 heterocycles. The molecular formula is C4H7FO3. The van der Waals surface area contributed by atoms with Gasteiger partial charge in [-0.15, -0.1) is 0 Å². The molecule has 0 aromatic carbocycles. The molecule has 3 nitrogen and oxygen atoms in total. The smallest absolute Gasteiger partial charge is 0.335 e. The summed E-state index contributed by atoms with van der Waals surface area (Å²) in [6.45, 7) is 1.27. The van der Waals surface area contributed by atoms with Crippen molar-refractivity contribution in [2.45, 2.75) is 6.92 Å². The summed E-state index contributed by atoms with van der Waals surface area (Å²) in [7, 11) is 0. The van der Waals surface area contributed by atoms with Gasteiger partial charge >= 0.3 is 5.97 Å². The largest absolute Gasteiger partial charge is 0.464 e. The van der Waals surface area contributed by atoms with Crippen LogP contribution >= 0.6 is 0 Å². The van der Waals surface area contributed by atoms with E-state index >= 15 is 0 Å². The quantitative estimate of drug-likeness (QED) is 0.510. The summed E-state index contributed by atoms with van der Waals surface area (Å²) in [6, 6.07) is 0. The fraction of sp³-hybridized carbons (Fsp3) is 0.750. The fourth-order valence-electron chi connectivity index (χ4n) is 0.247. The molecule has 48 valence electrons. The summed E-state index contributed by atoms with van der Waals surface area (Å²) in [5.74, 6) is -0.685. The monoisotopic (exact) mass is 122 g/mol. The minimum Gasteiger partial charge on any atom is -0.464 e. The second-order valence-corrected chi connectivity index (χ2v) is 1.06. The molecule has 0 N–H and O–H groups in total. The molecule has 0 aromatic rings. The van der Waals surface area contributed by atoms with Crippen molar-refractivity contribution >= 4 is 5.97 Å². The summed E-state index contributed by atoms with van der Waals surface area (Å²) in [6.07, 6.45) is 0. The van der Waals surface area contributed by atoms with Crippen molar-refractivity contribution in [2.24, 2.45) is 0 Å². The van der Waals surface area contributed by atoms with Crippen molar-refractivity contribution in [2.75, 3.05) is 13.2 Å². The number of carbonyl (C=O) groups excluding carboxylic acids is 1. The van der Waals surface area contributed by atoms with Crippen LogP contribution in [0.25, 0.3) is 0 Å². The van der Waals surface area contributed by atoms with Crippen molar-refractivity contribution in [3.63, 3.8) is 0 Å². The first kappa shape index (κ1) is 7.36. The molecule has 0 aliphatic heterocycles. The van der Waals surface area contributed by atoms with Gasteiger partial charge in [-0.25, -0.2) is 4.79 Å². The molecule has 4 heteroatoms. The Hall–Kier alpha value is -0.640. The standard InChI is InChI=1S/C4H7FO3/c1-2-7-4(6)3-8-5/h2-3H2,1H3. The van der Waals surface area contributed by atoms with E-state index in [4.69, 9.17) is 0 Å². The Bertz CT molecular complexity index is 65.7. The summed E-state index contributed by atoms with van der Waals surface area (Å²) in [5.41, 5.74) is 0. The van der Waals surface area contributed by atoms with Gasteiger partial charge < -0.3 is 4.74 Å². The second-order valence-electron chi connectivity index (χ2n) is 1.06. The molecule has 0 aliphatic carbocycles. The van der Waals surface area contributed by atoms with Crippen molar-refractivity contribution in [1.82, 2.24) is 0 Å². The van der Waals surface area contributed by atoms with Crippen LogP contribution < -0.4 is 0 Å². The van der Waals surface area contributed by atoms with Gasteiger partial charge in [0.25, 0.3) is 0 Å². The lowest BCUT2D eigenvalue weighted by Crippen LogP contribution is -2.08. The highest BCUT2D eigenvalue weighted by Gasteiger charge is 1.98. The highest BCUT2D eigenvalue weighted by molar-refractivity contribution is 5.70. The maximum Gasteiger partial charge on any atom is 0.335 e. The third-order valence-corrected chi connectivity index (χ3v) is 0.478. The Morgan fingerprint density at radius 2 is 2.38 bits per heavy atom. The lowest BCUT2D eigenvalue weighted by atomic mass is 10.7. The first-order valence-corrected chi connectivity index (χ1v) is 2.20. The summed E-state index contributed by atoms with van der Waals surface area (Å²) >= 11 is 0. The summed E-state index contributed by atoms with van der Waals surface area (Å²) < 4.78 is 15.0. The maximum absolute atomic E-state index is 10.8. The van der Waals surface area contributed by atoms with Crippen molar-refractivity contribution in [3.8, 4) is 0 Å². The number of halogens is 1. The van der Waals surface area contributed by atoms with Crippen LogP contribution in [0.1, 0.15) is 6.92 Å². The van der Waals surface area contributed by atoms with Crippen LogP contribution in [0.2, 0.25) is 0 Å². The maximum atomic E-state index is 10.8. The zero-order valence-corrected chi connectivity index (χ0v) is 4.52. The Labute approximate surface area is 46.3 Å². The molecule has 0 aromatic heterocycles. The molecule has 0 unspecified atom stereocenters. The average Bonchev–Trinajstić information content (AvgIpc) is 1.68. The summed E-state index contributed by atoms with van der Waals surface area (Å²) in [5, 5.41) is 0. The Morgan fingerprint density at radius 3 is 2.75 bits per heavy atom. The molecule has 0 bridgehead atoms. The van der Waals surface area contributed by atoms with Gasteiger partial charge in [0, 0.05) is 0 Å². The number of rotatable bonds is 3. The van der Waals surface area contributed by atoms with E-state index in [1.165, 1.54) is 0 Å². The van der Waals surface area contributed by atoms with Crippen molar-refractivity contribution in [3.05, 3.63) is 0 Å². The molecule has 0 spiro atoms. The molecule has 0 radical (unpaired) electrons. The van der Waals surface area contributed by atoms with Crippen LogP contribution in [0.15, 0.2) is 0 Å². The number of hydrogen-bond donors (Lipinski definition) is 0. The number of carbonyl (C=O) groups is 1. The highest BCUT2D eigenvalue weighted by atomic mass is 19.3. The molecule has 0 fully saturated rings. The van der Waals surface area contributed by atoms with E-state index in [0.29, 0.717) is 0 Å². The molecule has 0 saturated heterocycles. The van der Waals surface area contributed by atoms with E-state index in [0.717, 1.165) is 0 Å². The van der Waals surface area contributed by atoms with Gasteiger partial charge in [-0.05, 0) is 11.4 Å². The van der Waals surface area contributed by atoms with Crippen LogP contribution in [0.3, 0.4) is 0 Å². The lowest BCUT2D eigenvalue weighted by Gasteiger charge is -1.94. The molecule has 8 heavy (non-hydrogen) atoms. The average molecular weight is 122 g/mol. The van der Waals surface area contributed by atoms with E-state index in [2.05, 4.69) is 9.68 Å². The molecular weight excluding hydrogens is 115 g/mol. The SMILES string of the molecule is CCOC(=O)COF. The summed E-state index contributed by atoms with van der Waals surface area (Å²) in [4.78, 5) is 13.0. The third-order valence-electron chi connectivity index (χ3n) is 0.478. The first-order valence-electron chi connectivity index (χ1n) is 2.20. The zero-order valence-electron chi connectivity index (χ0n) is 4.52. The minimum absolute atomic E-state index is 0.252. The van der Waals surface area contributed by atoms with Crippen LogP contribution in [0, 0.1) is 0 Å². The van der Waals surface area contributed by atoms with Gasteiger partial charge in [0.2, 0.25) is 0 Å². The fourth-order valence-corrected chi connectivity index (χ4v) is 0.247. The van der Waals surface area contributed by atoms with Crippen molar-refractivity contribution in [1.29, 1.82) is 0 Å². The van der Waals surface area contributed by atoms with Crippen LogP contribution in [0.4, 0.5) is 4.53 Å². The van der Waals surface area contributed by atoms with Gasteiger partial charge in [0.15, 0.2) is 6.61 Å². The predicted octanol–water partition coefficient (Wildman–Crippen LogP) is 0.451. The molecule has 0 amide bonds. The topological polar surface area (TPSA) is 35.5 Å². The molecule has 0 rings (SSSR count). The van der Waals surface area contributed by atoms with Crippen LogP contribution in [-0.4, -0.2) is 19.2 Å². The van der Waals surface area contributed by atoms with Gasteiger partial charge in [-0.2, -0.15) is 4.94 Å². The third kappa shape index (κ3) is 3.55. The predicted molar refractivity (Wildman–Crippen MR) is 23.7 cm³/mol. The Morgan fingerprint density at radius 1 is 1.75 bits per heavy atom. The lowest BCUT2D eigenvalue weighted by molar-refractivity contribution is -0.175. The van der Waals surface area contributed by atoms with E-state index in [1.54, 1.807) is 6.92 Å². The Balaban J connectivity index is 3.06.